The lowest BCUT2D eigenvalue weighted by molar-refractivity contribution is -0.126. The number of carbonyl (C=O) groups is 1. The molecule has 3 aliphatic rings. The van der Waals surface area contributed by atoms with Gasteiger partial charge in [-0.25, -0.2) is 0 Å². The molecule has 0 heterocycles. The van der Waals surface area contributed by atoms with E-state index in [1.807, 2.05) is 0 Å². The third kappa shape index (κ3) is 2.84. The van der Waals surface area contributed by atoms with Crippen molar-refractivity contribution in [1.29, 1.82) is 0 Å². The highest BCUT2D eigenvalue weighted by molar-refractivity contribution is 5.80. The van der Waals surface area contributed by atoms with Gasteiger partial charge in [0, 0.05) is 5.92 Å². The Bertz CT molecular complexity index is 633. The summed E-state index contributed by atoms with van der Waals surface area (Å²) in [4.78, 5) is 12.7. The van der Waals surface area contributed by atoms with Crippen LogP contribution in [0.3, 0.4) is 0 Å². The first kappa shape index (κ1) is 15.0. The third-order valence-corrected chi connectivity index (χ3v) is 6.12. The van der Waals surface area contributed by atoms with E-state index >= 15 is 0 Å². The van der Waals surface area contributed by atoms with Crippen LogP contribution in [0.2, 0.25) is 0 Å². The Labute approximate surface area is 139 Å². The molecule has 122 valence electrons. The van der Waals surface area contributed by atoms with Gasteiger partial charge in [0.1, 0.15) is 0 Å². The molecule has 4 atom stereocenters. The fraction of sp³-hybridized carbons (Fsp3) is 0.571. The van der Waals surface area contributed by atoms with Gasteiger partial charge in [-0.1, -0.05) is 37.3 Å². The highest BCUT2D eigenvalue weighted by Gasteiger charge is 2.40. The number of carbonyl (C=O) groups excluding carboxylic acids is 1. The first-order valence-electron chi connectivity index (χ1n) is 9.35. The predicted octanol–water partition coefficient (Wildman–Crippen LogP) is 4.34. The van der Waals surface area contributed by atoms with Gasteiger partial charge in [0.15, 0.2) is 0 Å². The Hall–Kier alpha value is -1.57. The standard InChI is InChI=1S/C21H27NO/c1-2-20(18-10-9-15-5-3-4-6-16(15)13-18)22-21(23)19-12-14-7-8-17(19)11-14/h7-10,13-14,17,19-20H,2-6,11-12H2,1H3,(H,22,23). The fourth-order valence-corrected chi connectivity index (χ4v) is 4.75. The summed E-state index contributed by atoms with van der Waals surface area (Å²) in [5.41, 5.74) is 4.31. The van der Waals surface area contributed by atoms with E-state index in [0.29, 0.717) is 11.8 Å². The Balaban J connectivity index is 1.48. The Kier molecular flexibility index (Phi) is 4.00. The first-order valence-corrected chi connectivity index (χ1v) is 9.35. The van der Waals surface area contributed by atoms with Crippen molar-refractivity contribution < 1.29 is 4.79 Å². The van der Waals surface area contributed by atoms with Gasteiger partial charge in [0.25, 0.3) is 0 Å². The number of aryl methyl sites for hydroxylation is 2. The average Bonchev–Trinajstić information content (AvgIpc) is 3.22. The highest BCUT2D eigenvalue weighted by atomic mass is 16.2. The lowest BCUT2D eigenvalue weighted by atomic mass is 9.88. The van der Waals surface area contributed by atoms with Crippen molar-refractivity contribution in [2.75, 3.05) is 0 Å². The molecular formula is C21H27NO. The molecule has 0 aromatic heterocycles. The van der Waals surface area contributed by atoms with E-state index in [2.05, 4.69) is 42.6 Å². The molecule has 1 aromatic carbocycles. The highest BCUT2D eigenvalue weighted by Crippen LogP contribution is 2.43. The molecule has 1 fully saturated rings. The van der Waals surface area contributed by atoms with Gasteiger partial charge in [0.05, 0.1) is 6.04 Å². The number of hydrogen-bond acceptors (Lipinski definition) is 1. The van der Waals surface area contributed by atoms with Crippen molar-refractivity contribution in [3.8, 4) is 0 Å². The second-order valence-corrected chi connectivity index (χ2v) is 7.59. The third-order valence-electron chi connectivity index (χ3n) is 6.12. The van der Waals surface area contributed by atoms with E-state index in [9.17, 15) is 4.79 Å². The zero-order valence-electron chi connectivity index (χ0n) is 14.1. The summed E-state index contributed by atoms with van der Waals surface area (Å²) in [6.45, 7) is 2.17. The van der Waals surface area contributed by atoms with Crippen LogP contribution in [-0.4, -0.2) is 5.91 Å². The number of benzene rings is 1. The van der Waals surface area contributed by atoms with Gasteiger partial charge in [-0.3, -0.25) is 4.79 Å². The zero-order chi connectivity index (χ0) is 15.8. The van der Waals surface area contributed by atoms with Crippen LogP contribution in [0.25, 0.3) is 0 Å². The van der Waals surface area contributed by atoms with Gasteiger partial charge in [-0.05, 0) is 73.5 Å². The van der Waals surface area contributed by atoms with Crippen LogP contribution in [-0.2, 0) is 17.6 Å². The molecule has 2 bridgehead atoms. The normalized spacial score (nSPS) is 29.3. The molecule has 4 rings (SSSR count). The fourth-order valence-electron chi connectivity index (χ4n) is 4.75. The second-order valence-electron chi connectivity index (χ2n) is 7.59. The lowest BCUT2D eigenvalue weighted by Crippen LogP contribution is -2.35. The van der Waals surface area contributed by atoms with E-state index in [0.717, 1.165) is 12.8 Å². The largest absolute Gasteiger partial charge is 0.349 e. The number of fused-ring (bicyclic) bond motifs is 3. The van der Waals surface area contributed by atoms with E-state index in [1.165, 1.54) is 48.8 Å². The molecule has 0 radical (unpaired) electrons. The Morgan fingerprint density at radius 2 is 2.00 bits per heavy atom. The van der Waals surface area contributed by atoms with Crippen LogP contribution in [0.4, 0.5) is 0 Å². The summed E-state index contributed by atoms with van der Waals surface area (Å²) < 4.78 is 0. The predicted molar refractivity (Wildman–Crippen MR) is 93.1 cm³/mol. The van der Waals surface area contributed by atoms with Crippen LogP contribution in [0.15, 0.2) is 30.4 Å². The maximum atomic E-state index is 12.7. The van der Waals surface area contributed by atoms with E-state index in [1.54, 1.807) is 0 Å². The molecule has 4 unspecified atom stereocenters. The molecular weight excluding hydrogens is 282 g/mol. The van der Waals surface area contributed by atoms with Crippen molar-refractivity contribution in [3.63, 3.8) is 0 Å². The molecule has 1 N–H and O–H groups in total. The molecule has 0 aliphatic heterocycles. The minimum absolute atomic E-state index is 0.165. The summed E-state index contributed by atoms with van der Waals surface area (Å²) in [6, 6.07) is 7.04. The molecule has 1 aromatic rings. The maximum Gasteiger partial charge on any atom is 0.224 e. The van der Waals surface area contributed by atoms with E-state index < -0.39 is 0 Å². The quantitative estimate of drug-likeness (QED) is 0.823. The van der Waals surface area contributed by atoms with Crippen molar-refractivity contribution in [2.45, 2.75) is 57.9 Å². The molecule has 0 spiro atoms. The average molecular weight is 309 g/mol. The van der Waals surface area contributed by atoms with Crippen LogP contribution < -0.4 is 5.32 Å². The number of allylic oxidation sites excluding steroid dienone is 2. The van der Waals surface area contributed by atoms with Crippen molar-refractivity contribution >= 4 is 5.91 Å². The van der Waals surface area contributed by atoms with Crippen molar-refractivity contribution in [1.82, 2.24) is 5.32 Å². The van der Waals surface area contributed by atoms with E-state index in [-0.39, 0.29) is 17.9 Å². The number of hydrogen-bond donors (Lipinski definition) is 1. The monoisotopic (exact) mass is 309 g/mol. The van der Waals surface area contributed by atoms with Crippen molar-refractivity contribution in [3.05, 3.63) is 47.0 Å². The molecule has 23 heavy (non-hydrogen) atoms. The summed E-state index contributed by atoms with van der Waals surface area (Å²) >= 11 is 0. The van der Waals surface area contributed by atoms with Gasteiger partial charge >= 0.3 is 0 Å². The Morgan fingerprint density at radius 3 is 2.70 bits per heavy atom. The molecule has 3 aliphatic carbocycles. The molecule has 1 amide bonds. The summed E-state index contributed by atoms with van der Waals surface area (Å²) in [6.07, 6.45) is 12.8. The molecule has 0 saturated heterocycles. The second kappa shape index (κ2) is 6.14. The van der Waals surface area contributed by atoms with Gasteiger partial charge in [0.2, 0.25) is 5.91 Å². The minimum Gasteiger partial charge on any atom is -0.349 e. The van der Waals surface area contributed by atoms with Crippen LogP contribution in [0.1, 0.15) is 61.8 Å². The lowest BCUT2D eigenvalue weighted by Gasteiger charge is -2.24. The zero-order valence-corrected chi connectivity index (χ0v) is 14.1. The van der Waals surface area contributed by atoms with Gasteiger partial charge < -0.3 is 5.32 Å². The smallest absolute Gasteiger partial charge is 0.224 e. The Morgan fingerprint density at radius 1 is 1.17 bits per heavy atom. The summed E-state index contributed by atoms with van der Waals surface area (Å²) in [5.74, 6) is 1.61. The van der Waals surface area contributed by atoms with Crippen molar-refractivity contribution in [2.24, 2.45) is 17.8 Å². The first-order chi connectivity index (χ1) is 11.2. The SMILES string of the molecule is CCC(NC(=O)C1CC2C=CC1C2)c1ccc2c(c1)CCCC2. The van der Waals surface area contributed by atoms with E-state index in [4.69, 9.17) is 0 Å². The number of rotatable bonds is 4. The summed E-state index contributed by atoms with van der Waals surface area (Å²) in [5, 5.41) is 3.34. The van der Waals surface area contributed by atoms with Crippen LogP contribution in [0.5, 0.6) is 0 Å². The van der Waals surface area contributed by atoms with Crippen LogP contribution >= 0.6 is 0 Å². The summed E-state index contributed by atoms with van der Waals surface area (Å²) in [7, 11) is 0. The van der Waals surface area contributed by atoms with Crippen LogP contribution in [0, 0.1) is 17.8 Å². The van der Waals surface area contributed by atoms with Gasteiger partial charge in [-0.2, -0.15) is 0 Å². The molecule has 2 heteroatoms. The maximum absolute atomic E-state index is 12.7. The van der Waals surface area contributed by atoms with Gasteiger partial charge in [-0.15, -0.1) is 0 Å². The number of amides is 1. The minimum atomic E-state index is 0.165. The number of nitrogens with one attached hydrogen (secondary N) is 1. The molecule has 1 saturated carbocycles. The molecule has 2 nitrogen and oxygen atoms in total. The topological polar surface area (TPSA) is 29.1 Å².